The molecule has 20 heavy (non-hydrogen) atoms. The van der Waals surface area contributed by atoms with Gasteiger partial charge in [-0.3, -0.25) is 4.79 Å². The monoisotopic (exact) mass is 279 g/mol. The summed E-state index contributed by atoms with van der Waals surface area (Å²) in [5, 5.41) is 0. The van der Waals surface area contributed by atoms with E-state index in [1.807, 2.05) is 17.0 Å². The molecule has 2 heterocycles. The van der Waals surface area contributed by atoms with Gasteiger partial charge in [-0.2, -0.15) is 0 Å². The minimum absolute atomic E-state index is 0.0837. The number of pyridine rings is 1. The van der Waals surface area contributed by atoms with Crippen LogP contribution in [-0.4, -0.2) is 55.7 Å². The summed E-state index contributed by atoms with van der Waals surface area (Å²) in [6.45, 7) is 2.79. The molecule has 1 aliphatic rings. The Morgan fingerprint density at radius 3 is 2.90 bits per heavy atom. The molecule has 110 valence electrons. The van der Waals surface area contributed by atoms with Gasteiger partial charge in [-0.05, 0) is 6.07 Å². The SMILES string of the molecule is COc1cccc(CC(CN)C(=O)N2CCOCC2)n1. The van der Waals surface area contributed by atoms with Crippen molar-refractivity contribution in [2.24, 2.45) is 11.7 Å². The molecule has 1 amide bonds. The van der Waals surface area contributed by atoms with Gasteiger partial charge in [0.1, 0.15) is 0 Å². The summed E-state index contributed by atoms with van der Waals surface area (Å²) in [6, 6.07) is 5.54. The smallest absolute Gasteiger partial charge is 0.227 e. The number of carbonyl (C=O) groups is 1. The number of rotatable bonds is 5. The van der Waals surface area contributed by atoms with E-state index in [1.54, 1.807) is 13.2 Å². The van der Waals surface area contributed by atoms with Crippen LogP contribution in [0, 0.1) is 5.92 Å². The van der Waals surface area contributed by atoms with Gasteiger partial charge < -0.3 is 20.1 Å². The lowest BCUT2D eigenvalue weighted by Crippen LogP contribution is -2.46. The molecule has 6 heteroatoms. The third-order valence-corrected chi connectivity index (χ3v) is 3.40. The van der Waals surface area contributed by atoms with Crippen LogP contribution < -0.4 is 10.5 Å². The minimum atomic E-state index is -0.243. The second-order valence-electron chi connectivity index (χ2n) is 4.75. The lowest BCUT2D eigenvalue weighted by Gasteiger charge is -2.30. The number of amides is 1. The molecule has 0 saturated carbocycles. The molecule has 1 aromatic rings. The number of morpholine rings is 1. The number of methoxy groups -OCH3 is 1. The first kappa shape index (κ1) is 14.7. The van der Waals surface area contributed by atoms with Gasteiger partial charge in [-0.15, -0.1) is 0 Å². The molecular weight excluding hydrogens is 258 g/mol. The molecule has 1 aromatic heterocycles. The van der Waals surface area contributed by atoms with Gasteiger partial charge in [0.15, 0.2) is 0 Å². The zero-order valence-electron chi connectivity index (χ0n) is 11.7. The predicted molar refractivity (Wildman–Crippen MR) is 74.4 cm³/mol. The summed E-state index contributed by atoms with van der Waals surface area (Å²) in [6.07, 6.45) is 0.532. The number of nitrogens with two attached hydrogens (primary N) is 1. The van der Waals surface area contributed by atoms with E-state index >= 15 is 0 Å². The van der Waals surface area contributed by atoms with Crippen LogP contribution in [0.15, 0.2) is 18.2 Å². The van der Waals surface area contributed by atoms with Crippen molar-refractivity contribution in [3.63, 3.8) is 0 Å². The van der Waals surface area contributed by atoms with Gasteiger partial charge in [-0.1, -0.05) is 6.07 Å². The van der Waals surface area contributed by atoms with Gasteiger partial charge in [0.05, 0.1) is 26.2 Å². The first-order valence-corrected chi connectivity index (χ1v) is 6.81. The normalized spacial score (nSPS) is 16.8. The Morgan fingerprint density at radius 2 is 2.25 bits per heavy atom. The molecule has 0 spiro atoms. The number of aromatic nitrogens is 1. The maximum Gasteiger partial charge on any atom is 0.227 e. The van der Waals surface area contributed by atoms with Crippen LogP contribution >= 0.6 is 0 Å². The Kier molecular flexibility index (Phi) is 5.31. The van der Waals surface area contributed by atoms with Crippen molar-refractivity contribution >= 4 is 5.91 Å². The molecule has 1 atom stereocenters. The van der Waals surface area contributed by atoms with Crippen LogP contribution in [0.25, 0.3) is 0 Å². The van der Waals surface area contributed by atoms with Crippen molar-refractivity contribution in [1.29, 1.82) is 0 Å². The quantitative estimate of drug-likeness (QED) is 0.825. The maximum atomic E-state index is 12.4. The molecular formula is C14H21N3O3. The summed E-state index contributed by atoms with van der Waals surface area (Å²) >= 11 is 0. The van der Waals surface area contributed by atoms with Crippen LogP contribution in [0.4, 0.5) is 0 Å². The van der Waals surface area contributed by atoms with Gasteiger partial charge in [0.2, 0.25) is 11.8 Å². The molecule has 2 rings (SSSR count). The summed E-state index contributed by atoms with van der Waals surface area (Å²) in [4.78, 5) is 18.6. The van der Waals surface area contributed by atoms with Crippen LogP contribution in [0.1, 0.15) is 5.69 Å². The van der Waals surface area contributed by atoms with E-state index in [1.165, 1.54) is 0 Å². The Morgan fingerprint density at radius 1 is 1.50 bits per heavy atom. The molecule has 0 bridgehead atoms. The summed E-state index contributed by atoms with van der Waals surface area (Å²) in [7, 11) is 1.57. The highest BCUT2D eigenvalue weighted by molar-refractivity contribution is 5.79. The number of nitrogens with zero attached hydrogens (tertiary/aromatic N) is 2. The molecule has 1 unspecified atom stereocenters. The van der Waals surface area contributed by atoms with Crippen LogP contribution in [-0.2, 0) is 16.0 Å². The molecule has 1 fully saturated rings. The largest absolute Gasteiger partial charge is 0.481 e. The number of ether oxygens (including phenoxy) is 2. The Balaban J connectivity index is 2.01. The van der Waals surface area contributed by atoms with Gasteiger partial charge in [0.25, 0.3) is 0 Å². The van der Waals surface area contributed by atoms with Crippen LogP contribution in [0.2, 0.25) is 0 Å². The molecule has 0 aromatic carbocycles. The highest BCUT2D eigenvalue weighted by Crippen LogP contribution is 2.14. The maximum absolute atomic E-state index is 12.4. The number of hydrogen-bond acceptors (Lipinski definition) is 5. The van der Waals surface area contributed by atoms with Crippen molar-refractivity contribution in [1.82, 2.24) is 9.88 Å². The van der Waals surface area contributed by atoms with E-state index in [0.717, 1.165) is 5.69 Å². The van der Waals surface area contributed by atoms with E-state index in [0.29, 0.717) is 45.1 Å². The molecule has 0 aliphatic carbocycles. The van der Waals surface area contributed by atoms with Crippen molar-refractivity contribution in [2.75, 3.05) is 40.0 Å². The van der Waals surface area contributed by atoms with Crippen molar-refractivity contribution in [2.45, 2.75) is 6.42 Å². The lowest BCUT2D eigenvalue weighted by molar-refractivity contribution is -0.139. The first-order chi connectivity index (χ1) is 9.74. The fraction of sp³-hybridized carbons (Fsp3) is 0.571. The standard InChI is InChI=1S/C14H21N3O3/c1-19-13-4-2-3-12(16-13)9-11(10-15)14(18)17-5-7-20-8-6-17/h2-4,11H,5-10,15H2,1H3. The average Bonchev–Trinajstić information content (AvgIpc) is 2.53. The van der Waals surface area contributed by atoms with E-state index in [2.05, 4.69) is 4.98 Å². The van der Waals surface area contributed by atoms with E-state index in [9.17, 15) is 4.79 Å². The van der Waals surface area contributed by atoms with E-state index in [-0.39, 0.29) is 11.8 Å². The van der Waals surface area contributed by atoms with Crippen LogP contribution in [0.5, 0.6) is 5.88 Å². The zero-order chi connectivity index (χ0) is 14.4. The van der Waals surface area contributed by atoms with E-state index < -0.39 is 0 Å². The van der Waals surface area contributed by atoms with Gasteiger partial charge >= 0.3 is 0 Å². The third kappa shape index (κ3) is 3.68. The molecule has 1 aliphatic heterocycles. The zero-order valence-corrected chi connectivity index (χ0v) is 11.7. The minimum Gasteiger partial charge on any atom is -0.481 e. The second-order valence-corrected chi connectivity index (χ2v) is 4.75. The van der Waals surface area contributed by atoms with Crippen molar-refractivity contribution < 1.29 is 14.3 Å². The Labute approximate surface area is 118 Å². The van der Waals surface area contributed by atoms with Gasteiger partial charge in [0, 0.05) is 37.8 Å². The number of carbonyl (C=O) groups excluding carboxylic acids is 1. The van der Waals surface area contributed by atoms with Gasteiger partial charge in [-0.25, -0.2) is 4.98 Å². The first-order valence-electron chi connectivity index (χ1n) is 6.81. The molecule has 6 nitrogen and oxygen atoms in total. The molecule has 0 radical (unpaired) electrons. The Hall–Kier alpha value is -1.66. The van der Waals surface area contributed by atoms with Crippen molar-refractivity contribution in [3.8, 4) is 5.88 Å². The third-order valence-electron chi connectivity index (χ3n) is 3.40. The summed E-state index contributed by atoms with van der Waals surface area (Å²) < 4.78 is 10.4. The fourth-order valence-corrected chi connectivity index (χ4v) is 2.25. The summed E-state index contributed by atoms with van der Waals surface area (Å²) in [5.74, 6) is 0.394. The molecule has 2 N–H and O–H groups in total. The predicted octanol–water partition coefficient (Wildman–Crippen LogP) is 0.0664. The van der Waals surface area contributed by atoms with E-state index in [4.69, 9.17) is 15.2 Å². The average molecular weight is 279 g/mol. The summed E-state index contributed by atoms with van der Waals surface area (Å²) in [5.41, 5.74) is 6.58. The topological polar surface area (TPSA) is 77.7 Å². The Bertz CT molecular complexity index is 447. The second kappa shape index (κ2) is 7.21. The highest BCUT2D eigenvalue weighted by atomic mass is 16.5. The molecule has 1 saturated heterocycles. The lowest BCUT2D eigenvalue weighted by atomic mass is 10.0. The van der Waals surface area contributed by atoms with Crippen LogP contribution in [0.3, 0.4) is 0 Å². The van der Waals surface area contributed by atoms with Crippen molar-refractivity contribution in [3.05, 3.63) is 23.9 Å². The highest BCUT2D eigenvalue weighted by Gasteiger charge is 2.25. The number of hydrogen-bond donors (Lipinski definition) is 1. The fourth-order valence-electron chi connectivity index (χ4n) is 2.25.